The van der Waals surface area contributed by atoms with Gasteiger partial charge in [-0.05, 0) is 23.8 Å². The number of carboxylic acid groups (broad SMARTS) is 2. The average Bonchev–Trinajstić information content (AvgIpc) is 2.87. The van der Waals surface area contributed by atoms with E-state index in [0.29, 0.717) is 12.8 Å². The third-order valence-corrected chi connectivity index (χ3v) is 6.49. The van der Waals surface area contributed by atoms with Crippen molar-refractivity contribution in [3.63, 3.8) is 0 Å². The Hall–Kier alpha value is -3.47. The van der Waals surface area contributed by atoms with Crippen LogP contribution in [-0.2, 0) is 30.4 Å². The highest BCUT2D eigenvalue weighted by molar-refractivity contribution is 5.94. The van der Waals surface area contributed by atoms with Crippen LogP contribution >= 0.6 is 0 Å². The van der Waals surface area contributed by atoms with Gasteiger partial charge in [0.15, 0.2) is 0 Å². The summed E-state index contributed by atoms with van der Waals surface area (Å²) >= 11 is 0. The molecule has 0 aliphatic heterocycles. The number of amides is 3. The zero-order valence-corrected chi connectivity index (χ0v) is 21.9. The minimum Gasteiger partial charge on any atom is -0.481 e. The lowest BCUT2D eigenvalue weighted by atomic mass is 9.94. The van der Waals surface area contributed by atoms with Crippen LogP contribution in [0.25, 0.3) is 0 Å². The number of carbonyl (C=O) groups is 5. The molecule has 7 N–H and O–H groups in total. The normalized spacial score (nSPS) is 15.8. The molecule has 0 spiro atoms. The molecule has 1 rings (SSSR count). The molecule has 11 heteroatoms. The van der Waals surface area contributed by atoms with Crippen molar-refractivity contribution in [1.82, 2.24) is 16.0 Å². The molecule has 0 aromatic heterocycles. The van der Waals surface area contributed by atoms with Gasteiger partial charge in [0.05, 0.1) is 6.04 Å². The van der Waals surface area contributed by atoms with Crippen molar-refractivity contribution in [2.45, 2.75) is 84.0 Å². The summed E-state index contributed by atoms with van der Waals surface area (Å²) in [5, 5.41) is 26.3. The van der Waals surface area contributed by atoms with Crippen molar-refractivity contribution in [2.75, 3.05) is 0 Å². The fraction of sp³-hybridized carbons (Fsp3) is 0.577. The number of rotatable bonds is 16. The highest BCUT2D eigenvalue weighted by Crippen LogP contribution is 2.13. The van der Waals surface area contributed by atoms with Gasteiger partial charge >= 0.3 is 11.9 Å². The van der Waals surface area contributed by atoms with E-state index < -0.39 is 53.8 Å². The molecule has 0 unspecified atom stereocenters. The van der Waals surface area contributed by atoms with Crippen molar-refractivity contribution in [1.29, 1.82) is 0 Å². The summed E-state index contributed by atoms with van der Waals surface area (Å²) in [5.41, 5.74) is 6.53. The summed E-state index contributed by atoms with van der Waals surface area (Å²) in [7, 11) is 0. The van der Waals surface area contributed by atoms with Gasteiger partial charge in [-0.1, -0.05) is 70.9 Å². The van der Waals surface area contributed by atoms with E-state index in [0.717, 1.165) is 5.56 Å². The second kappa shape index (κ2) is 15.6. The quantitative estimate of drug-likeness (QED) is 0.186. The van der Waals surface area contributed by atoms with Crippen LogP contribution in [0.15, 0.2) is 30.3 Å². The topological polar surface area (TPSA) is 188 Å². The molecule has 0 saturated carbocycles. The number of carbonyl (C=O) groups excluding carboxylic acids is 3. The third-order valence-electron chi connectivity index (χ3n) is 6.49. The van der Waals surface area contributed by atoms with Crippen LogP contribution in [0.2, 0.25) is 0 Å². The number of aliphatic carboxylic acids is 2. The Morgan fingerprint density at radius 1 is 0.811 bits per heavy atom. The fourth-order valence-corrected chi connectivity index (χ4v) is 3.63. The van der Waals surface area contributed by atoms with E-state index in [4.69, 9.17) is 10.8 Å². The van der Waals surface area contributed by atoms with Gasteiger partial charge in [-0.3, -0.25) is 19.2 Å². The van der Waals surface area contributed by atoms with Crippen LogP contribution in [0.1, 0.15) is 58.9 Å². The smallest absolute Gasteiger partial charge is 0.326 e. The zero-order valence-electron chi connectivity index (χ0n) is 21.9. The summed E-state index contributed by atoms with van der Waals surface area (Å²) in [4.78, 5) is 61.6. The van der Waals surface area contributed by atoms with E-state index in [9.17, 15) is 29.1 Å². The number of benzene rings is 1. The van der Waals surface area contributed by atoms with Gasteiger partial charge in [0.25, 0.3) is 0 Å². The fourth-order valence-electron chi connectivity index (χ4n) is 3.63. The summed E-state index contributed by atoms with van der Waals surface area (Å²) in [5.74, 6) is -4.86. The van der Waals surface area contributed by atoms with E-state index in [1.54, 1.807) is 44.2 Å². The maximum Gasteiger partial charge on any atom is 0.326 e. The first-order valence-corrected chi connectivity index (χ1v) is 12.6. The summed E-state index contributed by atoms with van der Waals surface area (Å²) in [6.45, 7) is 7.19. The van der Waals surface area contributed by atoms with E-state index in [1.165, 1.54) is 0 Å². The first kappa shape index (κ1) is 31.6. The first-order valence-electron chi connectivity index (χ1n) is 12.6. The summed E-state index contributed by atoms with van der Waals surface area (Å²) < 4.78 is 0. The molecule has 37 heavy (non-hydrogen) atoms. The van der Waals surface area contributed by atoms with E-state index >= 15 is 0 Å². The minimum atomic E-state index is -1.20. The van der Waals surface area contributed by atoms with Crippen molar-refractivity contribution < 1.29 is 34.2 Å². The lowest BCUT2D eigenvalue weighted by Gasteiger charge is -2.30. The van der Waals surface area contributed by atoms with E-state index in [1.807, 2.05) is 13.8 Å². The zero-order chi connectivity index (χ0) is 28.1. The summed E-state index contributed by atoms with van der Waals surface area (Å²) in [6, 6.07) is 4.50. The number of nitrogens with two attached hydrogens (primary N) is 1. The van der Waals surface area contributed by atoms with Crippen LogP contribution in [0.3, 0.4) is 0 Å². The lowest BCUT2D eigenvalue weighted by Crippen LogP contribution is -2.60. The SMILES string of the molecule is CC[C@H](C)[C@H](NC(=O)[C@@H](NC(=O)[C@@H](N)CCC(=O)O)[C@@H](C)CC)C(=O)N[C@@H](Cc1ccccc1)C(=O)O. The van der Waals surface area contributed by atoms with Crippen LogP contribution in [-0.4, -0.2) is 64.0 Å². The van der Waals surface area contributed by atoms with E-state index in [2.05, 4.69) is 16.0 Å². The number of nitrogens with one attached hydrogen (secondary N) is 3. The van der Waals surface area contributed by atoms with Crippen LogP contribution in [0, 0.1) is 11.8 Å². The Balaban J connectivity index is 3.03. The molecule has 206 valence electrons. The van der Waals surface area contributed by atoms with Gasteiger partial charge in [0.2, 0.25) is 17.7 Å². The minimum absolute atomic E-state index is 0.0723. The van der Waals surface area contributed by atoms with Crippen molar-refractivity contribution in [3.05, 3.63) is 35.9 Å². The second-order valence-electron chi connectivity index (χ2n) is 9.37. The van der Waals surface area contributed by atoms with Gasteiger partial charge in [0, 0.05) is 12.8 Å². The molecule has 0 bridgehead atoms. The van der Waals surface area contributed by atoms with Crippen LogP contribution in [0.5, 0.6) is 0 Å². The highest BCUT2D eigenvalue weighted by atomic mass is 16.4. The second-order valence-corrected chi connectivity index (χ2v) is 9.37. The molecule has 0 fully saturated rings. The molecule has 0 saturated heterocycles. The van der Waals surface area contributed by atoms with E-state index in [-0.39, 0.29) is 31.1 Å². The molecule has 0 heterocycles. The number of hydrogen-bond donors (Lipinski definition) is 6. The predicted molar refractivity (Wildman–Crippen MR) is 137 cm³/mol. The largest absolute Gasteiger partial charge is 0.481 e. The maximum atomic E-state index is 13.3. The van der Waals surface area contributed by atoms with Gasteiger partial charge < -0.3 is 31.9 Å². The molecular formula is C26H40N4O7. The first-order chi connectivity index (χ1) is 17.4. The molecule has 0 radical (unpaired) electrons. The highest BCUT2D eigenvalue weighted by Gasteiger charge is 2.34. The van der Waals surface area contributed by atoms with Gasteiger partial charge in [0.1, 0.15) is 18.1 Å². The Bertz CT molecular complexity index is 925. The molecule has 11 nitrogen and oxygen atoms in total. The standard InChI is InChI=1S/C26H40N4O7/c1-5-15(3)21(24(34)28-19(26(36)37)14-17-10-8-7-9-11-17)30-25(35)22(16(4)6-2)29-23(33)18(27)12-13-20(31)32/h7-11,15-16,18-19,21-22H,5-6,12-14,27H2,1-4H3,(H,28,34)(H,29,33)(H,30,35)(H,31,32)(H,36,37)/t15-,16-,18-,19-,21-,22-/m0/s1. The average molecular weight is 521 g/mol. The molecule has 1 aromatic carbocycles. The van der Waals surface area contributed by atoms with Crippen molar-refractivity contribution in [3.8, 4) is 0 Å². The maximum absolute atomic E-state index is 13.3. The van der Waals surface area contributed by atoms with Crippen molar-refractivity contribution >= 4 is 29.7 Å². The molecule has 0 aliphatic rings. The van der Waals surface area contributed by atoms with Crippen LogP contribution < -0.4 is 21.7 Å². The van der Waals surface area contributed by atoms with Gasteiger partial charge in [-0.2, -0.15) is 0 Å². The predicted octanol–water partition coefficient (Wildman–Crippen LogP) is 1.05. The van der Waals surface area contributed by atoms with Gasteiger partial charge in [-0.15, -0.1) is 0 Å². The Morgan fingerprint density at radius 3 is 1.76 bits per heavy atom. The molecular weight excluding hydrogens is 480 g/mol. The lowest BCUT2D eigenvalue weighted by molar-refractivity contribution is -0.142. The summed E-state index contributed by atoms with van der Waals surface area (Å²) in [6.07, 6.45) is 0.740. The number of carboxylic acids is 2. The molecule has 3 amide bonds. The number of hydrogen-bond acceptors (Lipinski definition) is 6. The Kier molecular flexibility index (Phi) is 13.3. The molecule has 6 atom stereocenters. The monoisotopic (exact) mass is 520 g/mol. The van der Waals surface area contributed by atoms with Gasteiger partial charge in [-0.25, -0.2) is 4.79 Å². The Morgan fingerprint density at radius 2 is 1.30 bits per heavy atom. The molecule has 0 aliphatic carbocycles. The molecule has 1 aromatic rings. The Labute approximate surface area is 217 Å². The van der Waals surface area contributed by atoms with Crippen molar-refractivity contribution in [2.24, 2.45) is 17.6 Å². The third kappa shape index (κ3) is 10.6. The van der Waals surface area contributed by atoms with Crippen LogP contribution in [0.4, 0.5) is 0 Å².